The minimum atomic E-state index is -0.552. The van der Waals surface area contributed by atoms with E-state index in [2.05, 4.69) is 25.7 Å². The number of esters is 1. The molecule has 0 unspecified atom stereocenters. The second-order valence-corrected chi connectivity index (χ2v) is 5.30. The molecule has 0 spiro atoms. The zero-order valence-corrected chi connectivity index (χ0v) is 13.3. The first-order valence-corrected chi connectivity index (χ1v) is 7.07. The molecule has 2 aromatic rings. The van der Waals surface area contributed by atoms with Gasteiger partial charge in [-0.15, -0.1) is 0 Å². The average Bonchev–Trinajstić information content (AvgIpc) is 2.78. The van der Waals surface area contributed by atoms with Gasteiger partial charge in [-0.25, -0.2) is 9.78 Å². The van der Waals surface area contributed by atoms with E-state index in [4.69, 9.17) is 17.3 Å². The van der Waals surface area contributed by atoms with Crippen molar-refractivity contribution in [1.29, 1.82) is 0 Å². The van der Waals surface area contributed by atoms with Crippen molar-refractivity contribution in [2.24, 2.45) is 0 Å². The third-order valence-corrected chi connectivity index (χ3v) is 4.05. The van der Waals surface area contributed by atoms with Gasteiger partial charge >= 0.3 is 5.97 Å². The number of nitrogen functional groups attached to an aromatic ring is 1. The number of nitrogens with two attached hydrogens (primary N) is 1. The van der Waals surface area contributed by atoms with Gasteiger partial charge in [-0.1, -0.05) is 18.5 Å². The minimum Gasteiger partial charge on any atom is -0.464 e. The summed E-state index contributed by atoms with van der Waals surface area (Å²) in [6.45, 7) is 1.93. The highest BCUT2D eigenvalue weighted by molar-refractivity contribution is 9.10. The van der Waals surface area contributed by atoms with E-state index in [0.717, 1.165) is 10.2 Å². The predicted molar refractivity (Wildman–Crippen MR) is 81.4 cm³/mol. The third kappa shape index (κ3) is 2.53. The van der Waals surface area contributed by atoms with Crippen molar-refractivity contribution in [1.82, 2.24) is 9.55 Å². The molecule has 0 fully saturated rings. The van der Waals surface area contributed by atoms with Crippen molar-refractivity contribution in [3.63, 3.8) is 0 Å². The van der Waals surface area contributed by atoms with Crippen LogP contribution < -0.4 is 5.73 Å². The molecule has 1 aromatic carbocycles. The molecule has 0 bridgehead atoms. The Morgan fingerprint density at radius 2 is 2.25 bits per heavy atom. The Labute approximate surface area is 129 Å². The quantitative estimate of drug-likeness (QED) is 0.855. The number of aryl methyl sites for hydroxylation is 1. The number of carbonyl (C=O) groups excluding carboxylic acids is 1. The highest BCUT2D eigenvalue weighted by Crippen LogP contribution is 2.28. The number of aromatic nitrogens is 2. The molecule has 0 atom stereocenters. The smallest absolute Gasteiger partial charge is 0.360 e. The van der Waals surface area contributed by atoms with Crippen molar-refractivity contribution in [2.45, 2.75) is 13.3 Å². The van der Waals surface area contributed by atoms with Gasteiger partial charge in [0.05, 0.1) is 12.1 Å². The van der Waals surface area contributed by atoms with E-state index in [9.17, 15) is 4.79 Å². The van der Waals surface area contributed by atoms with Gasteiger partial charge in [0.25, 0.3) is 0 Å². The van der Waals surface area contributed by atoms with Gasteiger partial charge in [-0.3, -0.25) is 4.57 Å². The molecule has 0 radical (unpaired) electrons. The normalized spacial score (nSPS) is 10.6. The Balaban J connectivity index is 2.63. The first kappa shape index (κ1) is 14.9. The van der Waals surface area contributed by atoms with E-state index in [-0.39, 0.29) is 11.5 Å². The molecular weight excluding hydrogens is 346 g/mol. The largest absolute Gasteiger partial charge is 0.464 e. The molecular formula is C13H13BrClN3O2. The number of carbonyl (C=O) groups is 1. The van der Waals surface area contributed by atoms with Crippen LogP contribution >= 0.6 is 27.5 Å². The molecule has 1 heterocycles. The lowest BCUT2D eigenvalue weighted by Crippen LogP contribution is -2.08. The van der Waals surface area contributed by atoms with Crippen LogP contribution in [0.1, 0.15) is 23.2 Å². The van der Waals surface area contributed by atoms with Gasteiger partial charge < -0.3 is 10.5 Å². The minimum absolute atomic E-state index is 0.121. The number of anilines is 1. The van der Waals surface area contributed by atoms with Crippen molar-refractivity contribution >= 4 is 39.3 Å². The lowest BCUT2D eigenvalue weighted by atomic mass is 10.3. The van der Waals surface area contributed by atoms with Crippen LogP contribution in [0.4, 0.5) is 5.82 Å². The number of ether oxygens (including phenoxy) is 1. The maximum absolute atomic E-state index is 11.7. The summed E-state index contributed by atoms with van der Waals surface area (Å²) >= 11 is 9.35. The van der Waals surface area contributed by atoms with Crippen molar-refractivity contribution in [3.05, 3.63) is 39.2 Å². The zero-order valence-electron chi connectivity index (χ0n) is 11.0. The number of hydrogen-bond acceptors (Lipinski definition) is 4. The molecule has 2 rings (SSSR count). The van der Waals surface area contributed by atoms with E-state index in [1.165, 1.54) is 7.11 Å². The Kier molecular flexibility index (Phi) is 4.35. The molecule has 0 aliphatic rings. The van der Waals surface area contributed by atoms with Gasteiger partial charge in [-0.2, -0.15) is 0 Å². The molecule has 20 heavy (non-hydrogen) atoms. The Morgan fingerprint density at radius 3 is 2.80 bits per heavy atom. The van der Waals surface area contributed by atoms with Gasteiger partial charge in [0.2, 0.25) is 0 Å². The van der Waals surface area contributed by atoms with Crippen molar-refractivity contribution in [3.8, 4) is 5.69 Å². The van der Waals surface area contributed by atoms with Crippen LogP contribution in [0.15, 0.2) is 22.7 Å². The monoisotopic (exact) mass is 357 g/mol. The zero-order chi connectivity index (χ0) is 14.9. The number of rotatable bonds is 3. The van der Waals surface area contributed by atoms with Crippen LogP contribution in [0.2, 0.25) is 5.02 Å². The molecule has 106 valence electrons. The van der Waals surface area contributed by atoms with E-state index < -0.39 is 5.97 Å². The summed E-state index contributed by atoms with van der Waals surface area (Å²) in [5, 5.41) is 0.596. The van der Waals surface area contributed by atoms with E-state index in [1.807, 2.05) is 19.1 Å². The fraction of sp³-hybridized carbons (Fsp3) is 0.231. The summed E-state index contributed by atoms with van der Waals surface area (Å²) in [5.41, 5.74) is 6.92. The fourth-order valence-electron chi connectivity index (χ4n) is 1.88. The van der Waals surface area contributed by atoms with Gasteiger partial charge in [0.1, 0.15) is 11.6 Å². The van der Waals surface area contributed by atoms with Crippen LogP contribution in [0.25, 0.3) is 5.69 Å². The van der Waals surface area contributed by atoms with Gasteiger partial charge in [-0.05, 0) is 34.1 Å². The summed E-state index contributed by atoms with van der Waals surface area (Å²) in [7, 11) is 1.30. The first-order chi connectivity index (χ1) is 9.49. The molecule has 7 heteroatoms. The molecule has 0 saturated carbocycles. The van der Waals surface area contributed by atoms with E-state index in [1.54, 1.807) is 10.6 Å². The second kappa shape index (κ2) is 5.85. The van der Waals surface area contributed by atoms with Gasteiger partial charge in [0, 0.05) is 16.6 Å². The summed E-state index contributed by atoms with van der Waals surface area (Å²) in [6, 6.07) is 5.38. The van der Waals surface area contributed by atoms with Crippen molar-refractivity contribution in [2.75, 3.05) is 12.8 Å². The predicted octanol–water partition coefficient (Wildman–Crippen LogP) is 3.22. The fourth-order valence-corrected chi connectivity index (χ4v) is 2.36. The lowest BCUT2D eigenvalue weighted by molar-refractivity contribution is 0.0596. The summed E-state index contributed by atoms with van der Waals surface area (Å²) < 4.78 is 7.14. The van der Waals surface area contributed by atoms with Crippen LogP contribution in [0, 0.1) is 0 Å². The van der Waals surface area contributed by atoms with E-state index >= 15 is 0 Å². The number of methoxy groups -OCH3 is 1. The number of halogens is 2. The maximum Gasteiger partial charge on any atom is 0.360 e. The highest BCUT2D eigenvalue weighted by Gasteiger charge is 2.21. The van der Waals surface area contributed by atoms with E-state index in [0.29, 0.717) is 17.3 Å². The molecule has 1 aromatic heterocycles. The summed E-state index contributed by atoms with van der Waals surface area (Å²) in [4.78, 5) is 15.9. The Bertz CT molecular complexity index is 670. The number of imidazole rings is 1. The van der Waals surface area contributed by atoms with Crippen LogP contribution in [-0.4, -0.2) is 22.6 Å². The average molecular weight is 359 g/mol. The summed E-state index contributed by atoms with van der Waals surface area (Å²) in [5.74, 6) is 0.379. The molecule has 0 aliphatic heterocycles. The lowest BCUT2D eigenvalue weighted by Gasteiger charge is -2.10. The first-order valence-electron chi connectivity index (χ1n) is 5.90. The van der Waals surface area contributed by atoms with Crippen LogP contribution in [-0.2, 0) is 11.2 Å². The Hall–Kier alpha value is -1.53. The third-order valence-electron chi connectivity index (χ3n) is 2.84. The number of benzene rings is 1. The standard InChI is InChI=1S/C13H13BrClN3O2/c1-3-10-17-11(13(19)20-2)12(16)18(10)7-4-5-9(15)8(14)6-7/h4-6H,3,16H2,1-2H3. The SMILES string of the molecule is CCc1nc(C(=O)OC)c(N)n1-c1ccc(Cl)c(Br)c1. The van der Waals surface area contributed by atoms with Crippen molar-refractivity contribution < 1.29 is 9.53 Å². The molecule has 2 N–H and O–H groups in total. The Morgan fingerprint density at radius 1 is 1.55 bits per heavy atom. The highest BCUT2D eigenvalue weighted by atomic mass is 79.9. The van der Waals surface area contributed by atoms with Crippen LogP contribution in [0.5, 0.6) is 0 Å². The number of nitrogens with zero attached hydrogens (tertiary/aromatic N) is 2. The summed E-state index contributed by atoms with van der Waals surface area (Å²) in [6.07, 6.45) is 0.626. The topological polar surface area (TPSA) is 70.1 Å². The van der Waals surface area contributed by atoms with Crippen LogP contribution in [0.3, 0.4) is 0 Å². The molecule has 0 saturated heterocycles. The second-order valence-electron chi connectivity index (χ2n) is 4.04. The van der Waals surface area contributed by atoms with Gasteiger partial charge in [0.15, 0.2) is 5.69 Å². The maximum atomic E-state index is 11.7. The molecule has 5 nitrogen and oxygen atoms in total. The molecule has 0 amide bonds. The number of hydrogen-bond donors (Lipinski definition) is 1. The molecule has 0 aliphatic carbocycles.